The first kappa shape index (κ1) is 17.0. The number of carbonyl (C=O) groups is 1. The lowest BCUT2D eigenvalue weighted by Crippen LogP contribution is -2.04. The van der Waals surface area contributed by atoms with Gasteiger partial charge >= 0.3 is 5.97 Å². The summed E-state index contributed by atoms with van der Waals surface area (Å²) in [5.74, 6) is -0.376. The van der Waals surface area contributed by atoms with Crippen molar-refractivity contribution in [3.05, 3.63) is 56.6 Å². The molecule has 8 heteroatoms. The summed E-state index contributed by atoms with van der Waals surface area (Å²) in [4.78, 5) is 16.2. The molecule has 0 aliphatic heterocycles. The molecule has 0 aliphatic carbocycles. The van der Waals surface area contributed by atoms with Gasteiger partial charge in [0.15, 0.2) is 0 Å². The summed E-state index contributed by atoms with van der Waals surface area (Å²) in [5.41, 5.74) is 2.16. The van der Waals surface area contributed by atoms with Crippen LogP contribution in [0, 0.1) is 0 Å². The zero-order valence-corrected chi connectivity index (χ0v) is 15.0. The van der Waals surface area contributed by atoms with Gasteiger partial charge in [0.05, 0.1) is 40.7 Å². The predicted molar refractivity (Wildman–Crippen MR) is 94.9 cm³/mol. The number of esters is 1. The maximum Gasteiger partial charge on any atom is 0.341 e. The Kier molecular flexibility index (Phi) is 5.18. The normalized spacial score (nSPS) is 10.8. The Morgan fingerprint density at radius 1 is 1.33 bits per heavy atom. The number of hydrogen-bond donors (Lipinski definition) is 0. The van der Waals surface area contributed by atoms with Crippen molar-refractivity contribution in [1.82, 2.24) is 14.8 Å². The first-order valence-corrected chi connectivity index (χ1v) is 8.79. The molecule has 0 saturated heterocycles. The molecule has 0 amide bonds. The van der Waals surface area contributed by atoms with Crippen molar-refractivity contribution < 1.29 is 9.53 Å². The summed E-state index contributed by atoms with van der Waals surface area (Å²) in [6.07, 6.45) is 3.14. The van der Waals surface area contributed by atoms with Crippen LogP contribution in [0.1, 0.15) is 22.3 Å². The van der Waals surface area contributed by atoms with E-state index >= 15 is 0 Å². The van der Waals surface area contributed by atoms with Crippen LogP contribution in [0.3, 0.4) is 0 Å². The molecule has 0 unspecified atom stereocenters. The number of nitrogens with zero attached hydrogens (tertiary/aromatic N) is 3. The van der Waals surface area contributed by atoms with Gasteiger partial charge in [-0.15, -0.1) is 11.3 Å². The third-order valence-corrected chi connectivity index (χ3v) is 4.78. The van der Waals surface area contributed by atoms with Crippen LogP contribution in [0.2, 0.25) is 10.0 Å². The highest BCUT2D eigenvalue weighted by Gasteiger charge is 2.11. The van der Waals surface area contributed by atoms with Crippen molar-refractivity contribution in [3.63, 3.8) is 0 Å². The molecule has 0 radical (unpaired) electrons. The number of benzene rings is 1. The molecule has 0 spiro atoms. The molecule has 124 valence electrons. The molecular formula is C16H13Cl2N3O2S. The minimum absolute atomic E-state index is 0.337. The Balaban J connectivity index is 1.74. The van der Waals surface area contributed by atoms with Crippen LogP contribution in [0.4, 0.5) is 0 Å². The van der Waals surface area contributed by atoms with Gasteiger partial charge in [-0.3, -0.25) is 4.68 Å². The van der Waals surface area contributed by atoms with Crippen LogP contribution in [0.25, 0.3) is 11.3 Å². The molecule has 2 heterocycles. The Bertz CT molecular complexity index is 876. The van der Waals surface area contributed by atoms with E-state index in [0.717, 1.165) is 16.3 Å². The highest BCUT2D eigenvalue weighted by molar-refractivity contribution is 7.09. The standard InChI is InChI=1S/C16H13Cl2N3O2S/c1-2-23-16(22)11-6-19-21(7-11)8-15-20-14(9-24-15)10-3-4-12(17)13(18)5-10/h3-7,9H,2,8H2,1H3. The van der Waals surface area contributed by atoms with Gasteiger partial charge in [-0.1, -0.05) is 29.3 Å². The van der Waals surface area contributed by atoms with Gasteiger partial charge in [0.2, 0.25) is 0 Å². The second-order valence-corrected chi connectivity index (χ2v) is 6.66. The molecule has 24 heavy (non-hydrogen) atoms. The highest BCUT2D eigenvalue weighted by atomic mass is 35.5. The van der Waals surface area contributed by atoms with E-state index < -0.39 is 0 Å². The van der Waals surface area contributed by atoms with Crippen molar-refractivity contribution in [1.29, 1.82) is 0 Å². The maximum atomic E-state index is 11.6. The molecule has 0 fully saturated rings. The molecular weight excluding hydrogens is 369 g/mol. The molecule has 1 aromatic carbocycles. The maximum absolute atomic E-state index is 11.6. The summed E-state index contributed by atoms with van der Waals surface area (Å²) < 4.78 is 6.60. The second kappa shape index (κ2) is 7.34. The Labute approximate surface area is 152 Å². The third kappa shape index (κ3) is 3.77. The molecule has 0 aliphatic rings. The van der Waals surface area contributed by atoms with Crippen LogP contribution in [-0.4, -0.2) is 27.3 Å². The lowest BCUT2D eigenvalue weighted by atomic mass is 10.2. The summed E-state index contributed by atoms with van der Waals surface area (Å²) in [6, 6.07) is 5.41. The van der Waals surface area contributed by atoms with Gasteiger partial charge in [-0.05, 0) is 19.1 Å². The molecule has 0 N–H and O–H groups in total. The molecule has 5 nitrogen and oxygen atoms in total. The predicted octanol–water partition coefficient (Wildman–Crippen LogP) is 4.54. The number of hydrogen-bond acceptors (Lipinski definition) is 5. The van der Waals surface area contributed by atoms with Gasteiger partial charge in [0, 0.05) is 17.1 Å². The number of ether oxygens (including phenoxy) is 1. The largest absolute Gasteiger partial charge is 0.462 e. The van der Waals surface area contributed by atoms with E-state index in [4.69, 9.17) is 27.9 Å². The topological polar surface area (TPSA) is 57.0 Å². The minimum Gasteiger partial charge on any atom is -0.462 e. The number of halogens is 2. The van der Waals surface area contributed by atoms with E-state index in [0.29, 0.717) is 28.8 Å². The molecule has 0 saturated carbocycles. The lowest BCUT2D eigenvalue weighted by Gasteiger charge is -2.00. The van der Waals surface area contributed by atoms with E-state index in [1.165, 1.54) is 17.5 Å². The fourth-order valence-corrected chi connectivity index (χ4v) is 3.17. The molecule has 2 aromatic heterocycles. The Morgan fingerprint density at radius 3 is 2.92 bits per heavy atom. The van der Waals surface area contributed by atoms with Crippen LogP contribution in [-0.2, 0) is 11.3 Å². The van der Waals surface area contributed by atoms with Gasteiger partial charge in [0.1, 0.15) is 5.01 Å². The van der Waals surface area contributed by atoms with Crippen molar-refractivity contribution in [2.45, 2.75) is 13.5 Å². The number of rotatable bonds is 5. The molecule has 3 aromatic rings. The van der Waals surface area contributed by atoms with E-state index in [1.54, 1.807) is 29.9 Å². The van der Waals surface area contributed by atoms with E-state index in [2.05, 4.69) is 10.1 Å². The highest BCUT2D eigenvalue weighted by Crippen LogP contribution is 2.29. The van der Waals surface area contributed by atoms with Crippen molar-refractivity contribution in [2.75, 3.05) is 6.61 Å². The fraction of sp³-hybridized carbons (Fsp3) is 0.188. The van der Waals surface area contributed by atoms with E-state index in [-0.39, 0.29) is 5.97 Å². The molecule has 0 atom stereocenters. The van der Waals surface area contributed by atoms with Crippen molar-refractivity contribution in [3.8, 4) is 11.3 Å². The lowest BCUT2D eigenvalue weighted by molar-refractivity contribution is 0.0526. The SMILES string of the molecule is CCOC(=O)c1cnn(Cc2nc(-c3ccc(Cl)c(Cl)c3)cs2)c1. The Hall–Kier alpha value is -1.89. The van der Waals surface area contributed by atoms with Gasteiger partial charge in [-0.2, -0.15) is 5.10 Å². The van der Waals surface area contributed by atoms with Gasteiger partial charge < -0.3 is 4.74 Å². The number of thiazole rings is 1. The van der Waals surface area contributed by atoms with E-state index in [9.17, 15) is 4.79 Å². The van der Waals surface area contributed by atoms with Crippen LogP contribution >= 0.6 is 34.5 Å². The smallest absolute Gasteiger partial charge is 0.341 e. The average Bonchev–Trinajstić information content (AvgIpc) is 3.20. The molecule has 3 rings (SSSR count). The third-order valence-electron chi connectivity index (χ3n) is 3.21. The summed E-state index contributed by atoms with van der Waals surface area (Å²) >= 11 is 13.5. The van der Waals surface area contributed by atoms with Crippen molar-refractivity contribution in [2.24, 2.45) is 0 Å². The summed E-state index contributed by atoms with van der Waals surface area (Å²) in [5, 5.41) is 7.99. The number of carbonyl (C=O) groups excluding carboxylic acids is 1. The van der Waals surface area contributed by atoms with Crippen LogP contribution in [0.15, 0.2) is 36.0 Å². The fourth-order valence-electron chi connectivity index (χ4n) is 2.08. The van der Waals surface area contributed by atoms with Crippen molar-refractivity contribution >= 4 is 40.5 Å². The van der Waals surface area contributed by atoms with Crippen LogP contribution < -0.4 is 0 Å². The molecule has 0 bridgehead atoms. The summed E-state index contributed by atoms with van der Waals surface area (Å²) in [6.45, 7) is 2.58. The zero-order chi connectivity index (χ0) is 17.1. The second-order valence-electron chi connectivity index (χ2n) is 4.90. The van der Waals surface area contributed by atoms with E-state index in [1.807, 2.05) is 11.4 Å². The first-order valence-electron chi connectivity index (χ1n) is 7.16. The quantitative estimate of drug-likeness (QED) is 0.608. The summed E-state index contributed by atoms with van der Waals surface area (Å²) in [7, 11) is 0. The van der Waals surface area contributed by atoms with Gasteiger partial charge in [-0.25, -0.2) is 9.78 Å². The minimum atomic E-state index is -0.376. The zero-order valence-electron chi connectivity index (χ0n) is 12.7. The Morgan fingerprint density at radius 2 is 2.17 bits per heavy atom. The van der Waals surface area contributed by atoms with Crippen LogP contribution in [0.5, 0.6) is 0 Å². The number of aromatic nitrogens is 3. The monoisotopic (exact) mass is 381 g/mol. The van der Waals surface area contributed by atoms with Gasteiger partial charge in [0.25, 0.3) is 0 Å². The first-order chi connectivity index (χ1) is 11.6. The average molecular weight is 382 g/mol.